The third-order valence-electron chi connectivity index (χ3n) is 4.03. The van der Waals surface area contributed by atoms with Gasteiger partial charge in [-0.3, -0.25) is 9.59 Å². The molecule has 0 radical (unpaired) electrons. The van der Waals surface area contributed by atoms with E-state index in [0.717, 1.165) is 17.7 Å². The number of halogens is 1. The molecule has 1 aromatic rings. The van der Waals surface area contributed by atoms with Gasteiger partial charge in [-0.2, -0.15) is 0 Å². The van der Waals surface area contributed by atoms with Gasteiger partial charge in [-0.25, -0.2) is 0 Å². The first-order valence-corrected chi connectivity index (χ1v) is 7.67. The molecule has 0 aliphatic carbocycles. The number of nitrogens with zero attached hydrogens (tertiary/aromatic N) is 1. The van der Waals surface area contributed by atoms with Crippen LogP contribution in [0.2, 0.25) is 5.02 Å². The van der Waals surface area contributed by atoms with Crippen LogP contribution in [0.4, 0.5) is 5.69 Å². The molecule has 114 valence electrons. The minimum absolute atomic E-state index is 0.0235. The lowest BCUT2D eigenvalue weighted by Gasteiger charge is -2.20. The third-order valence-corrected chi connectivity index (χ3v) is 4.44. The van der Waals surface area contributed by atoms with E-state index in [2.05, 4.69) is 5.32 Å². The third kappa shape index (κ3) is 3.38. The summed E-state index contributed by atoms with van der Waals surface area (Å²) in [6.45, 7) is 6.29. The predicted octanol–water partition coefficient (Wildman–Crippen LogP) is 2.92. The zero-order valence-electron chi connectivity index (χ0n) is 12.6. The van der Waals surface area contributed by atoms with Crippen LogP contribution in [-0.4, -0.2) is 24.4 Å². The maximum Gasteiger partial charge on any atom is 0.227 e. The topological polar surface area (TPSA) is 49.4 Å². The molecule has 1 heterocycles. The Morgan fingerprint density at radius 1 is 1.52 bits per heavy atom. The molecule has 0 bridgehead atoms. The molecule has 0 spiro atoms. The first-order valence-electron chi connectivity index (χ1n) is 7.29. The molecule has 2 atom stereocenters. The van der Waals surface area contributed by atoms with Gasteiger partial charge in [-0.15, -0.1) is 0 Å². The van der Waals surface area contributed by atoms with Crippen LogP contribution in [0.1, 0.15) is 32.3 Å². The SMILES string of the molecule is CC[C@@H](C)NC(=O)[C@H]1CC(=O)N(c2cccc(Cl)c2C)C1. The van der Waals surface area contributed by atoms with Gasteiger partial charge in [0.2, 0.25) is 11.8 Å². The summed E-state index contributed by atoms with van der Waals surface area (Å²) in [6, 6.07) is 5.63. The minimum atomic E-state index is -0.287. The molecule has 0 aromatic heterocycles. The van der Waals surface area contributed by atoms with Crippen LogP contribution < -0.4 is 10.2 Å². The van der Waals surface area contributed by atoms with Gasteiger partial charge in [-0.05, 0) is 38.0 Å². The van der Waals surface area contributed by atoms with Gasteiger partial charge in [0.1, 0.15) is 0 Å². The van der Waals surface area contributed by atoms with E-state index < -0.39 is 0 Å². The highest BCUT2D eigenvalue weighted by molar-refractivity contribution is 6.31. The second-order valence-electron chi connectivity index (χ2n) is 5.61. The van der Waals surface area contributed by atoms with E-state index in [-0.39, 0.29) is 30.2 Å². The monoisotopic (exact) mass is 308 g/mol. The van der Waals surface area contributed by atoms with Crippen LogP contribution in [0.3, 0.4) is 0 Å². The van der Waals surface area contributed by atoms with Crippen LogP contribution >= 0.6 is 11.6 Å². The van der Waals surface area contributed by atoms with Crippen molar-refractivity contribution in [3.05, 3.63) is 28.8 Å². The van der Waals surface area contributed by atoms with Crippen LogP contribution in [0.15, 0.2) is 18.2 Å². The Morgan fingerprint density at radius 3 is 2.90 bits per heavy atom. The van der Waals surface area contributed by atoms with E-state index in [1.54, 1.807) is 11.0 Å². The molecule has 2 amide bonds. The highest BCUT2D eigenvalue weighted by atomic mass is 35.5. The number of hydrogen-bond acceptors (Lipinski definition) is 2. The van der Waals surface area contributed by atoms with E-state index in [1.165, 1.54) is 0 Å². The van der Waals surface area contributed by atoms with Crippen molar-refractivity contribution >= 4 is 29.1 Å². The van der Waals surface area contributed by atoms with Crippen LogP contribution in [-0.2, 0) is 9.59 Å². The predicted molar refractivity (Wildman–Crippen MR) is 84.5 cm³/mol. The molecular weight excluding hydrogens is 288 g/mol. The van der Waals surface area contributed by atoms with Gasteiger partial charge >= 0.3 is 0 Å². The molecule has 0 saturated carbocycles. The molecule has 5 heteroatoms. The van der Waals surface area contributed by atoms with Gasteiger partial charge in [-0.1, -0.05) is 24.6 Å². The quantitative estimate of drug-likeness (QED) is 0.929. The summed E-state index contributed by atoms with van der Waals surface area (Å²) < 4.78 is 0. The summed E-state index contributed by atoms with van der Waals surface area (Å²) in [5.74, 6) is -0.352. The van der Waals surface area contributed by atoms with E-state index in [0.29, 0.717) is 11.6 Å². The average molecular weight is 309 g/mol. The Hall–Kier alpha value is -1.55. The molecule has 1 fully saturated rings. The van der Waals surface area contributed by atoms with E-state index in [9.17, 15) is 9.59 Å². The molecule has 1 aliphatic heterocycles. The van der Waals surface area contributed by atoms with E-state index in [1.807, 2.05) is 32.9 Å². The highest BCUT2D eigenvalue weighted by Crippen LogP contribution is 2.31. The number of nitrogens with one attached hydrogen (secondary N) is 1. The number of amides is 2. The number of carbonyl (C=O) groups excluding carboxylic acids is 2. The molecule has 1 N–H and O–H groups in total. The Kier molecular flexibility index (Phi) is 4.88. The van der Waals surface area contributed by atoms with Crippen molar-refractivity contribution < 1.29 is 9.59 Å². The Morgan fingerprint density at radius 2 is 2.24 bits per heavy atom. The van der Waals surface area contributed by atoms with Gasteiger partial charge in [0.25, 0.3) is 0 Å². The van der Waals surface area contributed by atoms with Crippen molar-refractivity contribution in [2.45, 2.75) is 39.7 Å². The molecular formula is C16H21ClN2O2. The molecule has 4 nitrogen and oxygen atoms in total. The summed E-state index contributed by atoms with van der Waals surface area (Å²) in [5, 5.41) is 3.58. The van der Waals surface area contributed by atoms with Crippen LogP contribution in [0.5, 0.6) is 0 Å². The summed E-state index contributed by atoms with van der Waals surface area (Å²) in [5.41, 5.74) is 1.67. The second-order valence-corrected chi connectivity index (χ2v) is 6.01. The van der Waals surface area contributed by atoms with Gasteiger partial charge in [0.05, 0.1) is 5.92 Å². The first-order chi connectivity index (χ1) is 9.93. The van der Waals surface area contributed by atoms with Gasteiger partial charge in [0, 0.05) is 29.7 Å². The largest absolute Gasteiger partial charge is 0.353 e. The lowest BCUT2D eigenvalue weighted by molar-refractivity contribution is -0.126. The second kappa shape index (κ2) is 6.48. The Labute approximate surface area is 130 Å². The zero-order valence-corrected chi connectivity index (χ0v) is 13.4. The summed E-state index contributed by atoms with van der Waals surface area (Å²) in [4.78, 5) is 26.1. The number of anilines is 1. The number of rotatable bonds is 4. The Balaban J connectivity index is 2.13. The molecule has 21 heavy (non-hydrogen) atoms. The first kappa shape index (κ1) is 15.8. The van der Waals surface area contributed by atoms with Crippen LogP contribution in [0, 0.1) is 12.8 Å². The van der Waals surface area contributed by atoms with Crippen LogP contribution in [0.25, 0.3) is 0 Å². The standard InChI is InChI=1S/C16H21ClN2O2/c1-4-10(2)18-16(21)12-8-15(20)19(9-12)14-7-5-6-13(17)11(14)3/h5-7,10,12H,4,8-9H2,1-3H3,(H,18,21)/t10-,12+/m1/s1. The lowest BCUT2D eigenvalue weighted by Crippen LogP contribution is -2.38. The van der Waals surface area contributed by atoms with Crippen molar-refractivity contribution in [2.75, 3.05) is 11.4 Å². The van der Waals surface area contributed by atoms with Crippen molar-refractivity contribution in [3.8, 4) is 0 Å². The average Bonchev–Trinajstić information content (AvgIpc) is 2.83. The summed E-state index contributed by atoms with van der Waals surface area (Å²) in [7, 11) is 0. The Bertz CT molecular complexity index is 559. The fourth-order valence-corrected chi connectivity index (χ4v) is 2.64. The number of benzene rings is 1. The molecule has 1 aromatic carbocycles. The zero-order chi connectivity index (χ0) is 15.6. The number of carbonyl (C=O) groups is 2. The van der Waals surface area contributed by atoms with Gasteiger partial charge < -0.3 is 10.2 Å². The minimum Gasteiger partial charge on any atom is -0.353 e. The summed E-state index contributed by atoms with van der Waals surface area (Å²) >= 11 is 6.11. The normalized spacial score (nSPS) is 19.7. The number of hydrogen-bond donors (Lipinski definition) is 1. The van der Waals surface area contributed by atoms with Gasteiger partial charge in [0.15, 0.2) is 0 Å². The summed E-state index contributed by atoms with van der Waals surface area (Å²) in [6.07, 6.45) is 1.14. The fourth-order valence-electron chi connectivity index (χ4n) is 2.47. The van der Waals surface area contributed by atoms with Crippen molar-refractivity contribution in [1.82, 2.24) is 5.32 Å². The van der Waals surface area contributed by atoms with Crippen molar-refractivity contribution in [2.24, 2.45) is 5.92 Å². The smallest absolute Gasteiger partial charge is 0.227 e. The molecule has 0 unspecified atom stereocenters. The molecule has 2 rings (SSSR count). The van der Waals surface area contributed by atoms with Crippen molar-refractivity contribution in [3.63, 3.8) is 0 Å². The molecule has 1 aliphatic rings. The molecule has 1 saturated heterocycles. The maximum absolute atomic E-state index is 12.2. The van der Waals surface area contributed by atoms with Crippen molar-refractivity contribution in [1.29, 1.82) is 0 Å². The fraction of sp³-hybridized carbons (Fsp3) is 0.500. The maximum atomic E-state index is 12.2. The highest BCUT2D eigenvalue weighted by Gasteiger charge is 2.36. The van der Waals surface area contributed by atoms with E-state index >= 15 is 0 Å². The van der Waals surface area contributed by atoms with E-state index in [4.69, 9.17) is 11.6 Å². The lowest BCUT2D eigenvalue weighted by atomic mass is 10.1.